The Morgan fingerprint density at radius 3 is 2.28 bits per heavy atom. The maximum Gasteiger partial charge on any atom is 0.362 e. The van der Waals surface area contributed by atoms with E-state index in [4.69, 9.17) is 19.7 Å². The van der Waals surface area contributed by atoms with Gasteiger partial charge < -0.3 is 26.1 Å². The van der Waals surface area contributed by atoms with Crippen molar-refractivity contribution in [1.29, 1.82) is 0 Å². The first-order valence-corrected chi connectivity index (χ1v) is 15.1. The van der Waals surface area contributed by atoms with Crippen molar-refractivity contribution in [2.45, 2.75) is 43.4 Å². The predicted molar refractivity (Wildman–Crippen MR) is 143 cm³/mol. The molecule has 1 fully saturated rings. The number of rotatable bonds is 9. The van der Waals surface area contributed by atoms with Gasteiger partial charge in [0.25, 0.3) is 33.7 Å². The molecule has 1 aliphatic rings. The van der Waals surface area contributed by atoms with Crippen LogP contribution in [0.4, 0.5) is 5.13 Å². The normalized spacial score (nSPS) is 17.6. The van der Waals surface area contributed by atoms with Crippen LogP contribution in [0.2, 0.25) is 0 Å². The molecule has 2 atom stereocenters. The second-order valence-corrected chi connectivity index (χ2v) is 12.7. The Labute approximate surface area is 246 Å². The van der Waals surface area contributed by atoms with Gasteiger partial charge >= 0.3 is 10.3 Å². The van der Waals surface area contributed by atoms with Crippen molar-refractivity contribution in [3.05, 3.63) is 28.8 Å². The lowest BCUT2D eigenvalue weighted by Gasteiger charge is -2.42. The molecule has 1 aromatic heterocycles. The third-order valence-corrected chi connectivity index (χ3v) is 8.20. The van der Waals surface area contributed by atoms with Crippen molar-refractivity contribution in [2.75, 3.05) is 5.73 Å². The number of carbonyl (C=O) groups is 4. The van der Waals surface area contributed by atoms with E-state index in [0.29, 0.717) is 12.1 Å². The molecule has 0 unspecified atom stereocenters. The fourth-order valence-electron chi connectivity index (χ4n) is 3.37. The van der Waals surface area contributed by atoms with E-state index >= 15 is 0 Å². The van der Waals surface area contributed by atoms with Crippen LogP contribution in [-0.2, 0) is 39.6 Å². The van der Waals surface area contributed by atoms with E-state index in [1.54, 1.807) is 0 Å². The number of hydrazine groups is 1. The number of nitrogens with zero attached hydrogens (tertiary/aromatic N) is 3. The first-order chi connectivity index (χ1) is 19.6. The Morgan fingerprint density at radius 2 is 1.77 bits per heavy atom. The third-order valence-electron chi connectivity index (χ3n) is 5.65. The van der Waals surface area contributed by atoms with E-state index in [1.807, 2.05) is 10.9 Å². The minimum atomic E-state index is -5.05. The summed E-state index contributed by atoms with van der Waals surface area (Å²) in [5.41, 5.74) is 6.12. The summed E-state index contributed by atoms with van der Waals surface area (Å²) in [5, 5.41) is 26.5. The number of nitrogens with one attached hydrogen (secondary N) is 3. The standard InChI is InChI=1S/C20H23N7O13S3/c1-7-12(17(32)27(7)43(37,38)39)23-16(31)13(9-6-41-19(21)22-9)26-40-20(2,3)18(33)25-24-15(30)8-4-10(28)14(29)11(5-8)42(34,35)36/h4-7,12,28-29H,1-3H3,(H2,21,22)(H,23,31)(H,24,30)(H,25,33)(H,34,35,36)(H,37,38,39)/t7-,12+/m1/s1. The number of benzene rings is 1. The Bertz CT molecular complexity index is 1750. The molecule has 23 heteroatoms. The number of carbonyl (C=O) groups excluding carboxylic acids is 4. The van der Waals surface area contributed by atoms with Gasteiger partial charge in [-0.15, -0.1) is 11.3 Å². The molecule has 0 aliphatic carbocycles. The summed E-state index contributed by atoms with van der Waals surface area (Å²) in [4.78, 5) is 58.2. The van der Waals surface area contributed by atoms with Crippen LogP contribution in [0.25, 0.3) is 0 Å². The number of aromatic hydroxyl groups is 2. The number of hydrogen-bond donors (Lipinski definition) is 8. The summed E-state index contributed by atoms with van der Waals surface area (Å²) >= 11 is 0.896. The maximum absolute atomic E-state index is 13.0. The highest BCUT2D eigenvalue weighted by molar-refractivity contribution is 7.86. The minimum Gasteiger partial charge on any atom is -0.504 e. The molecule has 0 saturated carbocycles. The molecule has 3 rings (SSSR count). The molecule has 2 aromatic rings. The van der Waals surface area contributed by atoms with E-state index < -0.39 is 89.4 Å². The highest BCUT2D eigenvalue weighted by atomic mass is 32.2. The van der Waals surface area contributed by atoms with Gasteiger partial charge in [-0.2, -0.15) is 16.8 Å². The second kappa shape index (κ2) is 11.6. The van der Waals surface area contributed by atoms with Crippen LogP contribution in [0.15, 0.2) is 27.6 Å². The molecule has 0 radical (unpaired) electrons. The summed E-state index contributed by atoms with van der Waals surface area (Å²) in [7, 11) is -9.92. The molecule has 2 heterocycles. The SMILES string of the molecule is C[C@@H]1[C@H](NC(=O)C(=NOC(C)(C)C(=O)NNC(=O)c2cc(O)c(O)c(S(=O)(=O)O)c2)c2csc(N)n2)C(=O)N1S(=O)(=O)O. The molecule has 20 nitrogen and oxygen atoms in total. The van der Waals surface area contributed by atoms with Crippen LogP contribution in [-0.4, -0.2) is 92.5 Å². The van der Waals surface area contributed by atoms with Crippen molar-refractivity contribution in [2.24, 2.45) is 5.16 Å². The van der Waals surface area contributed by atoms with Gasteiger partial charge in [0.05, 0.1) is 6.04 Å². The predicted octanol–water partition coefficient (Wildman–Crippen LogP) is -2.14. The zero-order valence-corrected chi connectivity index (χ0v) is 24.4. The van der Waals surface area contributed by atoms with Crippen LogP contribution in [0.3, 0.4) is 0 Å². The van der Waals surface area contributed by atoms with E-state index in [-0.39, 0.29) is 15.1 Å². The number of nitrogens with two attached hydrogens (primary N) is 1. The average Bonchev–Trinajstić information content (AvgIpc) is 3.31. The van der Waals surface area contributed by atoms with Gasteiger partial charge in [0.2, 0.25) is 5.60 Å². The average molecular weight is 666 g/mol. The number of amides is 4. The molecule has 4 amide bonds. The Hall–Kier alpha value is -4.58. The van der Waals surface area contributed by atoms with E-state index in [0.717, 1.165) is 25.2 Å². The van der Waals surface area contributed by atoms with E-state index in [9.17, 15) is 46.2 Å². The molecule has 0 spiro atoms. The fraction of sp³-hybridized carbons (Fsp3) is 0.300. The second-order valence-electron chi connectivity index (χ2n) is 9.14. The number of thiazole rings is 1. The smallest absolute Gasteiger partial charge is 0.362 e. The van der Waals surface area contributed by atoms with Gasteiger partial charge in [-0.25, -0.2) is 9.29 Å². The van der Waals surface area contributed by atoms with Gasteiger partial charge in [-0.1, -0.05) is 5.16 Å². The minimum absolute atomic E-state index is 0.00160. The summed E-state index contributed by atoms with van der Waals surface area (Å²) in [6.07, 6.45) is 0. The van der Waals surface area contributed by atoms with Crippen molar-refractivity contribution in [3.63, 3.8) is 0 Å². The van der Waals surface area contributed by atoms with Crippen LogP contribution in [0.1, 0.15) is 36.8 Å². The number of phenolic OH excluding ortho intramolecular Hbond substituents is 2. The molecule has 1 aliphatic heterocycles. The molecule has 0 bridgehead atoms. The zero-order chi connectivity index (χ0) is 32.7. The molecule has 9 N–H and O–H groups in total. The number of nitrogen functional groups attached to an aromatic ring is 1. The summed E-state index contributed by atoms with van der Waals surface area (Å²) < 4.78 is 63.9. The van der Waals surface area contributed by atoms with Gasteiger partial charge in [0, 0.05) is 10.9 Å². The quantitative estimate of drug-likeness (QED) is 0.0466. The summed E-state index contributed by atoms with van der Waals surface area (Å²) in [6, 6.07) is -1.39. The molecular formula is C20H23N7O13S3. The molecule has 1 saturated heterocycles. The Kier molecular flexibility index (Phi) is 8.88. The number of hydrogen-bond acceptors (Lipinski definition) is 15. The van der Waals surface area contributed by atoms with Gasteiger partial charge in [0.15, 0.2) is 22.3 Å². The van der Waals surface area contributed by atoms with E-state index in [1.165, 1.54) is 12.3 Å². The first kappa shape index (κ1) is 32.9. The van der Waals surface area contributed by atoms with Gasteiger partial charge in [0.1, 0.15) is 16.6 Å². The Balaban J connectivity index is 1.75. The zero-order valence-electron chi connectivity index (χ0n) is 22.0. The molecule has 43 heavy (non-hydrogen) atoms. The van der Waals surface area contributed by atoms with E-state index in [2.05, 4.69) is 15.5 Å². The number of anilines is 1. The van der Waals surface area contributed by atoms with Crippen LogP contribution >= 0.6 is 11.3 Å². The van der Waals surface area contributed by atoms with Crippen LogP contribution < -0.4 is 21.9 Å². The van der Waals surface area contributed by atoms with Crippen molar-refractivity contribution >= 4 is 66.2 Å². The van der Waals surface area contributed by atoms with Crippen molar-refractivity contribution in [3.8, 4) is 11.5 Å². The largest absolute Gasteiger partial charge is 0.504 e. The third kappa shape index (κ3) is 7.08. The first-order valence-electron chi connectivity index (χ1n) is 11.4. The number of aromatic nitrogens is 1. The highest BCUT2D eigenvalue weighted by Crippen LogP contribution is 2.33. The maximum atomic E-state index is 13.0. The number of phenols is 2. The van der Waals surface area contributed by atoms with Gasteiger partial charge in [-0.05, 0) is 32.9 Å². The molecule has 1 aromatic carbocycles. The summed E-state index contributed by atoms with van der Waals surface area (Å²) in [5.74, 6) is -6.82. The van der Waals surface area contributed by atoms with Crippen molar-refractivity contribution in [1.82, 2.24) is 25.5 Å². The van der Waals surface area contributed by atoms with Crippen molar-refractivity contribution < 1.29 is 60.2 Å². The monoisotopic (exact) mass is 665 g/mol. The highest BCUT2D eigenvalue weighted by Gasteiger charge is 2.51. The fourth-order valence-corrected chi connectivity index (χ4v) is 5.43. The molecule has 234 valence electrons. The number of β-lactam (4-membered cyclic amide) rings is 1. The Morgan fingerprint density at radius 1 is 1.14 bits per heavy atom. The van der Waals surface area contributed by atoms with Gasteiger partial charge in [-0.3, -0.25) is 39.1 Å². The summed E-state index contributed by atoms with van der Waals surface area (Å²) in [6.45, 7) is 3.53. The number of oxime groups is 1. The lowest BCUT2D eigenvalue weighted by molar-refractivity contribution is -0.144. The topological polar surface area (TPSA) is 317 Å². The van der Waals surface area contributed by atoms with Crippen LogP contribution in [0, 0.1) is 0 Å². The molecular weight excluding hydrogens is 642 g/mol. The van der Waals surface area contributed by atoms with Crippen LogP contribution in [0.5, 0.6) is 11.5 Å². The lowest BCUT2D eigenvalue weighted by Crippen LogP contribution is -2.71. The lowest BCUT2D eigenvalue weighted by atomic mass is 10.0.